The molecule has 0 bridgehead atoms. The van der Waals surface area contributed by atoms with Gasteiger partial charge in [-0.05, 0) is 12.1 Å². The van der Waals surface area contributed by atoms with Gasteiger partial charge < -0.3 is 10.0 Å². The number of Topliss-reactive ketones (excluding diaryl/α,β-unsaturated/α-hetero) is 1. The van der Waals surface area contributed by atoms with Crippen molar-refractivity contribution >= 4 is 46.3 Å². The number of carbonyl (C=O) groups is 2. The Balaban J connectivity index is 3.31. The molecule has 1 aromatic rings. The second-order valence-corrected chi connectivity index (χ2v) is 4.79. The van der Waals surface area contributed by atoms with Gasteiger partial charge in [-0.3, -0.25) is 9.59 Å². The maximum atomic E-state index is 11.8. The molecular formula is C12H12Cl2N2O3. The number of nitrogens with zero attached hydrogens (tertiary/aromatic N) is 2. The van der Waals surface area contributed by atoms with E-state index in [-0.39, 0.29) is 27.2 Å². The molecule has 0 fully saturated rings. The van der Waals surface area contributed by atoms with E-state index >= 15 is 0 Å². The van der Waals surface area contributed by atoms with Gasteiger partial charge in [-0.2, -0.15) is 0 Å². The van der Waals surface area contributed by atoms with Crippen LogP contribution in [-0.4, -0.2) is 41.5 Å². The molecule has 0 saturated carbocycles. The van der Waals surface area contributed by atoms with Crippen molar-refractivity contribution in [1.29, 1.82) is 0 Å². The number of hydrogen-bond acceptors (Lipinski definition) is 4. The Kier molecular flexibility index (Phi) is 4.91. The Bertz CT molecular complexity index is 545. The van der Waals surface area contributed by atoms with E-state index in [4.69, 9.17) is 23.2 Å². The van der Waals surface area contributed by atoms with E-state index in [1.54, 1.807) is 0 Å². The van der Waals surface area contributed by atoms with Gasteiger partial charge in [-0.25, -0.2) is 4.99 Å². The SMILES string of the molecule is CC(=O)C(=Nc1cc(Cl)c(O)c(Cl)c1)C(=O)N(C)C. The van der Waals surface area contributed by atoms with Gasteiger partial charge >= 0.3 is 0 Å². The van der Waals surface area contributed by atoms with Gasteiger partial charge in [0.25, 0.3) is 5.91 Å². The van der Waals surface area contributed by atoms with E-state index in [1.807, 2.05) is 0 Å². The fourth-order valence-electron chi connectivity index (χ4n) is 1.23. The normalized spacial score (nSPS) is 11.3. The smallest absolute Gasteiger partial charge is 0.275 e. The second kappa shape index (κ2) is 6.04. The maximum absolute atomic E-state index is 11.8. The van der Waals surface area contributed by atoms with Gasteiger partial charge in [0.2, 0.25) is 0 Å². The highest BCUT2D eigenvalue weighted by atomic mass is 35.5. The first kappa shape index (κ1) is 15.5. The standard InChI is InChI=1S/C12H12Cl2N2O3/c1-6(17)10(12(19)16(2)3)15-7-4-8(13)11(18)9(14)5-7/h4-5,18H,1-3H3. The first-order chi connectivity index (χ1) is 8.73. The van der Waals surface area contributed by atoms with Crippen LogP contribution in [-0.2, 0) is 9.59 Å². The third-order valence-corrected chi connectivity index (χ3v) is 2.76. The minimum Gasteiger partial charge on any atom is -0.505 e. The highest BCUT2D eigenvalue weighted by Gasteiger charge is 2.19. The highest BCUT2D eigenvalue weighted by Crippen LogP contribution is 2.35. The van der Waals surface area contributed by atoms with Crippen molar-refractivity contribution < 1.29 is 14.7 Å². The third kappa shape index (κ3) is 3.68. The van der Waals surface area contributed by atoms with Crippen molar-refractivity contribution in [3.63, 3.8) is 0 Å². The Morgan fingerprint density at radius 3 is 2.05 bits per heavy atom. The van der Waals surface area contributed by atoms with Crippen molar-refractivity contribution in [2.24, 2.45) is 4.99 Å². The lowest BCUT2D eigenvalue weighted by molar-refractivity contribution is -0.123. The molecule has 1 rings (SSSR count). The maximum Gasteiger partial charge on any atom is 0.275 e. The summed E-state index contributed by atoms with van der Waals surface area (Å²) in [6.45, 7) is 1.24. The quantitative estimate of drug-likeness (QED) is 0.689. The molecule has 1 aromatic carbocycles. The zero-order valence-electron chi connectivity index (χ0n) is 10.6. The molecule has 0 spiro atoms. The van der Waals surface area contributed by atoms with E-state index < -0.39 is 11.7 Å². The fourth-order valence-corrected chi connectivity index (χ4v) is 1.71. The van der Waals surface area contributed by atoms with Crippen molar-refractivity contribution in [1.82, 2.24) is 4.90 Å². The van der Waals surface area contributed by atoms with Gasteiger partial charge in [0, 0.05) is 21.0 Å². The molecule has 0 unspecified atom stereocenters. The minimum atomic E-state index is -0.521. The summed E-state index contributed by atoms with van der Waals surface area (Å²) in [5, 5.41) is 9.40. The molecule has 5 nitrogen and oxygen atoms in total. The van der Waals surface area contributed by atoms with Crippen LogP contribution in [0.15, 0.2) is 17.1 Å². The van der Waals surface area contributed by atoms with Gasteiger partial charge in [0.05, 0.1) is 15.7 Å². The molecule has 19 heavy (non-hydrogen) atoms. The highest BCUT2D eigenvalue weighted by molar-refractivity contribution is 6.65. The van der Waals surface area contributed by atoms with Crippen LogP contribution in [0, 0.1) is 0 Å². The molecule has 0 aliphatic heterocycles. The summed E-state index contributed by atoms with van der Waals surface area (Å²) >= 11 is 11.5. The molecule has 0 atom stereocenters. The molecular weight excluding hydrogens is 291 g/mol. The van der Waals surface area contributed by atoms with E-state index in [9.17, 15) is 14.7 Å². The number of phenols is 1. The number of ketones is 1. The molecule has 0 aromatic heterocycles. The van der Waals surface area contributed by atoms with Crippen LogP contribution in [0.2, 0.25) is 10.0 Å². The van der Waals surface area contributed by atoms with Gasteiger partial charge in [-0.15, -0.1) is 0 Å². The van der Waals surface area contributed by atoms with Crippen LogP contribution in [0.4, 0.5) is 5.69 Å². The molecule has 0 aliphatic rings. The summed E-state index contributed by atoms with van der Waals surface area (Å²) in [6.07, 6.45) is 0. The van der Waals surface area contributed by atoms with Crippen LogP contribution in [0.25, 0.3) is 0 Å². The minimum absolute atomic E-state index is 0.00791. The summed E-state index contributed by atoms with van der Waals surface area (Å²) in [4.78, 5) is 28.4. The number of amides is 1. The summed E-state index contributed by atoms with van der Waals surface area (Å²) < 4.78 is 0. The fraction of sp³-hybridized carbons (Fsp3) is 0.250. The summed E-state index contributed by atoms with van der Waals surface area (Å²) in [7, 11) is 3.02. The van der Waals surface area contributed by atoms with E-state index in [0.29, 0.717) is 0 Å². The lowest BCUT2D eigenvalue weighted by atomic mass is 10.2. The largest absolute Gasteiger partial charge is 0.505 e. The Hall–Kier alpha value is -1.59. The zero-order valence-corrected chi connectivity index (χ0v) is 12.1. The van der Waals surface area contributed by atoms with E-state index in [0.717, 1.165) is 0 Å². The van der Waals surface area contributed by atoms with Crippen molar-refractivity contribution in [2.75, 3.05) is 14.1 Å². The first-order valence-corrected chi connectivity index (χ1v) is 5.99. The molecule has 1 N–H and O–H groups in total. The summed E-state index contributed by atoms with van der Waals surface area (Å²) in [6, 6.07) is 2.63. The van der Waals surface area contributed by atoms with Crippen molar-refractivity contribution in [3.8, 4) is 5.75 Å². The molecule has 0 heterocycles. The number of carbonyl (C=O) groups excluding carboxylic acids is 2. The first-order valence-electron chi connectivity index (χ1n) is 5.23. The Labute approximate surface area is 120 Å². The van der Waals surface area contributed by atoms with Gasteiger partial charge in [-0.1, -0.05) is 23.2 Å². The molecule has 0 saturated heterocycles. The van der Waals surface area contributed by atoms with E-state index in [2.05, 4.69) is 4.99 Å². The van der Waals surface area contributed by atoms with Gasteiger partial charge in [0.15, 0.2) is 17.2 Å². The van der Waals surface area contributed by atoms with Crippen LogP contribution in [0.1, 0.15) is 6.92 Å². The van der Waals surface area contributed by atoms with Crippen molar-refractivity contribution in [2.45, 2.75) is 6.92 Å². The van der Waals surface area contributed by atoms with Gasteiger partial charge in [0.1, 0.15) is 0 Å². The lowest BCUT2D eigenvalue weighted by Gasteiger charge is -2.10. The zero-order chi connectivity index (χ0) is 14.7. The molecule has 0 aliphatic carbocycles. The Morgan fingerprint density at radius 2 is 1.68 bits per heavy atom. The molecule has 102 valence electrons. The lowest BCUT2D eigenvalue weighted by Crippen LogP contribution is -2.33. The van der Waals surface area contributed by atoms with Crippen LogP contribution in [0.5, 0.6) is 5.75 Å². The van der Waals surface area contributed by atoms with Crippen LogP contribution < -0.4 is 0 Å². The number of halogens is 2. The number of hydrogen-bond donors (Lipinski definition) is 1. The predicted molar refractivity (Wildman–Crippen MR) is 74.6 cm³/mol. The molecule has 1 amide bonds. The van der Waals surface area contributed by atoms with Crippen LogP contribution in [0.3, 0.4) is 0 Å². The number of rotatable bonds is 3. The number of phenolic OH excluding ortho intramolecular Hbond substituents is 1. The van der Waals surface area contributed by atoms with Crippen LogP contribution >= 0.6 is 23.2 Å². The summed E-state index contributed by atoms with van der Waals surface area (Å²) in [5.41, 5.74) is -0.0176. The number of aromatic hydroxyl groups is 1. The number of benzene rings is 1. The third-order valence-electron chi connectivity index (χ3n) is 2.18. The average molecular weight is 303 g/mol. The topological polar surface area (TPSA) is 70.0 Å². The molecule has 0 radical (unpaired) electrons. The average Bonchev–Trinajstić information content (AvgIpc) is 2.31. The summed E-state index contributed by atoms with van der Waals surface area (Å²) in [5.74, 6) is -1.27. The monoisotopic (exact) mass is 302 g/mol. The van der Waals surface area contributed by atoms with E-state index in [1.165, 1.54) is 38.1 Å². The Morgan fingerprint density at radius 1 is 1.21 bits per heavy atom. The predicted octanol–water partition coefficient (Wildman–Crippen LogP) is 2.45. The number of aliphatic imine (C=N–C) groups is 1. The van der Waals surface area contributed by atoms with Crippen molar-refractivity contribution in [3.05, 3.63) is 22.2 Å². The second-order valence-electron chi connectivity index (χ2n) is 3.97. The molecule has 7 heteroatoms.